The van der Waals surface area contributed by atoms with Crippen LogP contribution in [-0.4, -0.2) is 31.7 Å². The predicted molar refractivity (Wildman–Crippen MR) is 98.7 cm³/mol. The van der Waals surface area contributed by atoms with Crippen LogP contribution >= 0.6 is 0 Å². The fourth-order valence-corrected chi connectivity index (χ4v) is 2.20. The first-order chi connectivity index (χ1) is 13.0. The molecule has 0 aliphatic carbocycles. The van der Waals surface area contributed by atoms with Crippen molar-refractivity contribution in [2.45, 2.75) is 26.4 Å². The van der Waals surface area contributed by atoms with Crippen LogP contribution in [0.3, 0.4) is 0 Å². The van der Waals surface area contributed by atoms with Crippen LogP contribution in [0.1, 0.15) is 30.6 Å². The van der Waals surface area contributed by atoms with Gasteiger partial charge in [-0.25, -0.2) is 9.18 Å². The molecule has 1 atom stereocenters. The summed E-state index contributed by atoms with van der Waals surface area (Å²) < 4.78 is 29.5. The van der Waals surface area contributed by atoms with E-state index < -0.39 is 23.8 Å². The van der Waals surface area contributed by atoms with Gasteiger partial charge >= 0.3 is 5.97 Å². The van der Waals surface area contributed by atoms with Gasteiger partial charge in [0.05, 0.1) is 25.0 Å². The fraction of sp³-hybridized carbons (Fsp3) is 0.300. The molecule has 2 aromatic rings. The lowest BCUT2D eigenvalue weighted by molar-refractivity contribution is -0.123. The zero-order chi connectivity index (χ0) is 19.8. The Bertz CT molecular complexity index is 809. The maximum Gasteiger partial charge on any atom is 0.339 e. The van der Waals surface area contributed by atoms with Crippen LogP contribution in [-0.2, 0) is 9.53 Å². The average Bonchev–Trinajstić information content (AvgIpc) is 2.67. The number of methoxy groups -OCH3 is 1. The first kappa shape index (κ1) is 20.2. The largest absolute Gasteiger partial charge is 0.493 e. The van der Waals surface area contributed by atoms with Crippen molar-refractivity contribution < 1.29 is 28.2 Å². The minimum atomic E-state index is -1.11. The molecule has 0 aliphatic heterocycles. The van der Waals surface area contributed by atoms with Crippen molar-refractivity contribution >= 4 is 17.6 Å². The number of para-hydroxylation sites is 1. The second-order valence-electron chi connectivity index (χ2n) is 5.73. The molecule has 0 heterocycles. The molecule has 0 aromatic heterocycles. The summed E-state index contributed by atoms with van der Waals surface area (Å²) in [4.78, 5) is 24.4. The molecule has 0 aliphatic rings. The summed E-state index contributed by atoms with van der Waals surface area (Å²) in [5, 5.41) is 2.39. The predicted octanol–water partition coefficient (Wildman–Crippen LogP) is 3.81. The van der Waals surface area contributed by atoms with E-state index in [0.29, 0.717) is 18.1 Å². The molecule has 0 fully saturated rings. The first-order valence-corrected chi connectivity index (χ1v) is 8.53. The Kier molecular flexibility index (Phi) is 7.16. The molecule has 2 rings (SSSR count). The molecule has 144 valence electrons. The van der Waals surface area contributed by atoms with E-state index in [1.807, 2.05) is 6.92 Å². The van der Waals surface area contributed by atoms with Gasteiger partial charge in [0.15, 0.2) is 17.6 Å². The zero-order valence-electron chi connectivity index (χ0n) is 15.5. The molecule has 7 heteroatoms. The van der Waals surface area contributed by atoms with Gasteiger partial charge in [-0.15, -0.1) is 0 Å². The van der Waals surface area contributed by atoms with Crippen LogP contribution < -0.4 is 14.8 Å². The van der Waals surface area contributed by atoms with Gasteiger partial charge in [0.25, 0.3) is 5.91 Å². The Labute approximate surface area is 157 Å². The Hall–Kier alpha value is -3.09. The van der Waals surface area contributed by atoms with Gasteiger partial charge in [-0.1, -0.05) is 19.1 Å². The van der Waals surface area contributed by atoms with Crippen LogP contribution in [0.4, 0.5) is 10.1 Å². The highest BCUT2D eigenvalue weighted by molar-refractivity contribution is 5.97. The molecule has 1 amide bonds. The molecular weight excluding hydrogens is 353 g/mol. The third kappa shape index (κ3) is 5.44. The van der Waals surface area contributed by atoms with E-state index in [1.54, 1.807) is 12.1 Å². The van der Waals surface area contributed by atoms with E-state index in [1.165, 1.54) is 44.4 Å². The third-order valence-corrected chi connectivity index (χ3v) is 3.65. The van der Waals surface area contributed by atoms with Crippen molar-refractivity contribution in [3.05, 3.63) is 53.8 Å². The van der Waals surface area contributed by atoms with E-state index in [-0.39, 0.29) is 11.3 Å². The lowest BCUT2D eigenvalue weighted by Gasteiger charge is -2.15. The second kappa shape index (κ2) is 9.56. The summed E-state index contributed by atoms with van der Waals surface area (Å²) in [6, 6.07) is 10.4. The van der Waals surface area contributed by atoms with Gasteiger partial charge in [0.2, 0.25) is 0 Å². The number of amides is 1. The van der Waals surface area contributed by atoms with E-state index >= 15 is 0 Å². The molecule has 0 radical (unpaired) electrons. The SMILES string of the molecule is CCCOc1ccc(C(=O)O[C@H](C)C(=O)Nc2ccccc2F)cc1OC. The smallest absolute Gasteiger partial charge is 0.339 e. The van der Waals surface area contributed by atoms with Crippen molar-refractivity contribution in [2.24, 2.45) is 0 Å². The van der Waals surface area contributed by atoms with Crippen LogP contribution in [0.15, 0.2) is 42.5 Å². The number of ether oxygens (including phenoxy) is 3. The number of carbonyl (C=O) groups excluding carboxylic acids is 2. The maximum absolute atomic E-state index is 13.6. The molecule has 0 saturated heterocycles. The van der Waals surface area contributed by atoms with Crippen LogP contribution in [0, 0.1) is 5.82 Å². The summed E-state index contributed by atoms with van der Waals surface area (Å²) >= 11 is 0. The second-order valence-corrected chi connectivity index (χ2v) is 5.73. The number of anilines is 1. The topological polar surface area (TPSA) is 73.9 Å². The molecule has 1 N–H and O–H groups in total. The van der Waals surface area contributed by atoms with Crippen LogP contribution in [0.2, 0.25) is 0 Å². The Morgan fingerprint density at radius 2 is 1.89 bits per heavy atom. The normalized spacial score (nSPS) is 11.4. The Balaban J connectivity index is 2.03. The van der Waals surface area contributed by atoms with E-state index in [4.69, 9.17) is 14.2 Å². The number of hydrogen-bond acceptors (Lipinski definition) is 5. The van der Waals surface area contributed by atoms with Gasteiger partial charge in [-0.05, 0) is 43.7 Å². The minimum absolute atomic E-state index is 0.0181. The highest BCUT2D eigenvalue weighted by Crippen LogP contribution is 2.28. The molecule has 0 bridgehead atoms. The summed E-state index contributed by atoms with van der Waals surface area (Å²) in [7, 11) is 1.47. The van der Waals surface area contributed by atoms with E-state index in [9.17, 15) is 14.0 Å². The standard InChI is InChI=1S/C20H22FNO5/c1-4-11-26-17-10-9-14(12-18(17)25-3)20(24)27-13(2)19(23)22-16-8-6-5-7-15(16)21/h5-10,12-13H,4,11H2,1-3H3,(H,22,23)/t13-/m1/s1. The quantitative estimate of drug-likeness (QED) is 0.711. The molecular formula is C20H22FNO5. The van der Waals surface area contributed by atoms with Crippen molar-refractivity contribution in [2.75, 3.05) is 19.0 Å². The highest BCUT2D eigenvalue weighted by Gasteiger charge is 2.21. The lowest BCUT2D eigenvalue weighted by Crippen LogP contribution is -2.30. The van der Waals surface area contributed by atoms with Crippen LogP contribution in [0.5, 0.6) is 11.5 Å². The summed E-state index contributed by atoms with van der Waals surface area (Å²) in [5.41, 5.74) is 0.228. The summed E-state index contributed by atoms with van der Waals surface area (Å²) in [5.74, 6) is -1.01. The number of carbonyl (C=O) groups is 2. The number of hydrogen-bond donors (Lipinski definition) is 1. The van der Waals surface area contributed by atoms with E-state index in [2.05, 4.69) is 5.32 Å². The summed E-state index contributed by atoms with van der Waals surface area (Å²) in [6.45, 7) is 3.91. The number of rotatable bonds is 8. The van der Waals surface area contributed by atoms with Crippen molar-refractivity contribution in [1.29, 1.82) is 0 Å². The zero-order valence-corrected chi connectivity index (χ0v) is 15.5. The van der Waals surface area contributed by atoms with E-state index in [0.717, 1.165) is 6.42 Å². The number of benzene rings is 2. The van der Waals surface area contributed by atoms with Gasteiger partial charge in [0, 0.05) is 0 Å². The molecule has 6 nitrogen and oxygen atoms in total. The Morgan fingerprint density at radius 3 is 2.56 bits per heavy atom. The van der Waals surface area contributed by atoms with Gasteiger partial charge in [-0.3, -0.25) is 4.79 Å². The number of nitrogens with one attached hydrogen (secondary N) is 1. The lowest BCUT2D eigenvalue weighted by atomic mass is 10.2. The minimum Gasteiger partial charge on any atom is -0.493 e. The molecule has 2 aromatic carbocycles. The maximum atomic E-state index is 13.6. The molecule has 0 spiro atoms. The van der Waals surface area contributed by atoms with Crippen molar-refractivity contribution in [3.8, 4) is 11.5 Å². The van der Waals surface area contributed by atoms with Gasteiger partial charge < -0.3 is 19.5 Å². The van der Waals surface area contributed by atoms with Gasteiger partial charge in [0.1, 0.15) is 5.82 Å². The first-order valence-electron chi connectivity index (χ1n) is 8.53. The van der Waals surface area contributed by atoms with Crippen molar-refractivity contribution in [3.63, 3.8) is 0 Å². The number of halogens is 1. The highest BCUT2D eigenvalue weighted by atomic mass is 19.1. The summed E-state index contributed by atoms with van der Waals surface area (Å²) in [6.07, 6.45) is -0.277. The Morgan fingerprint density at radius 1 is 1.15 bits per heavy atom. The third-order valence-electron chi connectivity index (χ3n) is 3.65. The fourth-order valence-electron chi connectivity index (χ4n) is 2.20. The number of esters is 1. The molecule has 0 saturated carbocycles. The van der Waals surface area contributed by atoms with Gasteiger partial charge in [-0.2, -0.15) is 0 Å². The molecule has 0 unspecified atom stereocenters. The van der Waals surface area contributed by atoms with Crippen LogP contribution in [0.25, 0.3) is 0 Å². The molecule has 27 heavy (non-hydrogen) atoms. The van der Waals surface area contributed by atoms with Crippen molar-refractivity contribution in [1.82, 2.24) is 0 Å². The average molecular weight is 375 g/mol. The monoisotopic (exact) mass is 375 g/mol.